The molecule has 1 aromatic carbocycles. The summed E-state index contributed by atoms with van der Waals surface area (Å²) in [6.45, 7) is 3.41. The topological polar surface area (TPSA) is 49.3 Å². The molecular weight excluding hydrogens is 350 g/mol. The molecule has 5 nitrogen and oxygen atoms in total. The van der Waals surface area contributed by atoms with E-state index in [1.807, 2.05) is 0 Å². The average molecular weight is 372 g/mol. The molecule has 1 unspecified atom stereocenters. The summed E-state index contributed by atoms with van der Waals surface area (Å²) in [7, 11) is 0. The lowest BCUT2D eigenvalue weighted by Gasteiger charge is -2.28. The lowest BCUT2D eigenvalue weighted by atomic mass is 10.0. The predicted molar refractivity (Wildman–Crippen MR) is 97.1 cm³/mol. The second-order valence-electron chi connectivity index (χ2n) is 7.24. The van der Waals surface area contributed by atoms with E-state index in [0.29, 0.717) is 17.7 Å². The maximum atomic E-state index is 14.7. The van der Waals surface area contributed by atoms with Crippen molar-refractivity contribution in [1.29, 1.82) is 0 Å². The van der Waals surface area contributed by atoms with Gasteiger partial charge in [0.2, 0.25) is 0 Å². The normalized spacial score (nSPS) is 20.4. The van der Waals surface area contributed by atoms with Crippen molar-refractivity contribution in [3.63, 3.8) is 0 Å². The molecule has 0 aliphatic carbocycles. The Kier molecular flexibility index (Phi) is 5.11. The van der Waals surface area contributed by atoms with Crippen LogP contribution in [0.15, 0.2) is 30.9 Å². The molecule has 1 atom stereocenters. The van der Waals surface area contributed by atoms with Crippen LogP contribution in [0.2, 0.25) is 0 Å². The van der Waals surface area contributed by atoms with Crippen molar-refractivity contribution >= 4 is 5.91 Å². The summed E-state index contributed by atoms with van der Waals surface area (Å²) in [6.07, 6.45) is 8.41. The first kappa shape index (κ1) is 18.0. The van der Waals surface area contributed by atoms with Crippen LogP contribution in [0.4, 0.5) is 8.78 Å². The molecule has 1 aromatic heterocycles. The highest BCUT2D eigenvalue weighted by molar-refractivity contribution is 5.95. The van der Waals surface area contributed by atoms with Gasteiger partial charge >= 0.3 is 0 Å². The minimum absolute atomic E-state index is 0.0246. The van der Waals surface area contributed by atoms with Crippen LogP contribution in [0, 0.1) is 11.6 Å². The number of halogens is 2. The van der Waals surface area contributed by atoms with E-state index in [9.17, 15) is 13.6 Å². The third-order valence-electron chi connectivity index (χ3n) is 5.46. The zero-order valence-corrected chi connectivity index (χ0v) is 15.1. The predicted octanol–water partition coefficient (Wildman–Crippen LogP) is 3.12. The molecule has 2 aliphatic rings. The molecule has 2 aliphatic heterocycles. The van der Waals surface area contributed by atoms with E-state index in [4.69, 9.17) is 0 Å². The number of likely N-dealkylation sites (tertiary alicyclic amines) is 2. The van der Waals surface area contributed by atoms with Crippen LogP contribution >= 0.6 is 0 Å². The first-order valence-corrected chi connectivity index (χ1v) is 9.41. The van der Waals surface area contributed by atoms with E-state index >= 15 is 0 Å². The van der Waals surface area contributed by atoms with Crippen molar-refractivity contribution in [1.82, 2.24) is 19.8 Å². The average Bonchev–Trinajstić information content (AvgIpc) is 3.34. The molecule has 1 amide bonds. The SMILES string of the molecule is O=C(c1c(F)cc(-c2cncnc2)cc1F)N1CCCC1CN1CCCC1. The van der Waals surface area contributed by atoms with Gasteiger partial charge in [-0.05, 0) is 56.5 Å². The van der Waals surface area contributed by atoms with Gasteiger partial charge < -0.3 is 9.80 Å². The van der Waals surface area contributed by atoms with Crippen molar-refractivity contribution in [3.05, 3.63) is 48.1 Å². The second-order valence-corrected chi connectivity index (χ2v) is 7.24. The van der Waals surface area contributed by atoms with E-state index in [2.05, 4.69) is 14.9 Å². The van der Waals surface area contributed by atoms with E-state index in [0.717, 1.165) is 32.5 Å². The summed E-state index contributed by atoms with van der Waals surface area (Å²) < 4.78 is 29.4. The van der Waals surface area contributed by atoms with Crippen LogP contribution in [0.25, 0.3) is 11.1 Å². The van der Waals surface area contributed by atoms with Crippen LogP contribution in [-0.2, 0) is 0 Å². The number of nitrogens with zero attached hydrogens (tertiary/aromatic N) is 4. The molecule has 2 aromatic rings. The highest BCUT2D eigenvalue weighted by Gasteiger charge is 2.34. The number of benzene rings is 1. The minimum atomic E-state index is -0.842. The van der Waals surface area contributed by atoms with E-state index in [1.54, 1.807) is 4.90 Å². The highest BCUT2D eigenvalue weighted by Crippen LogP contribution is 2.28. The van der Waals surface area contributed by atoms with E-state index < -0.39 is 23.1 Å². The fourth-order valence-electron chi connectivity index (χ4n) is 4.09. The number of rotatable bonds is 4. The lowest BCUT2D eigenvalue weighted by Crippen LogP contribution is -2.43. The zero-order chi connectivity index (χ0) is 18.8. The van der Waals surface area contributed by atoms with Crippen LogP contribution in [0.5, 0.6) is 0 Å². The molecule has 0 bridgehead atoms. The Balaban J connectivity index is 1.57. The lowest BCUT2D eigenvalue weighted by molar-refractivity contribution is 0.0699. The van der Waals surface area contributed by atoms with Crippen molar-refractivity contribution < 1.29 is 13.6 Å². The second kappa shape index (κ2) is 7.68. The highest BCUT2D eigenvalue weighted by atomic mass is 19.1. The number of aromatic nitrogens is 2. The Bertz CT molecular complexity index is 801. The molecule has 0 N–H and O–H groups in total. The largest absolute Gasteiger partial charge is 0.334 e. The monoisotopic (exact) mass is 372 g/mol. The van der Waals surface area contributed by atoms with Gasteiger partial charge in [-0.15, -0.1) is 0 Å². The summed E-state index contributed by atoms with van der Waals surface area (Å²) >= 11 is 0. The Hall–Kier alpha value is -2.41. The summed E-state index contributed by atoms with van der Waals surface area (Å²) in [5.41, 5.74) is 0.350. The Labute approximate surface area is 157 Å². The quantitative estimate of drug-likeness (QED) is 0.827. The van der Waals surface area contributed by atoms with Gasteiger partial charge in [-0.2, -0.15) is 0 Å². The number of hydrogen-bond donors (Lipinski definition) is 0. The van der Waals surface area contributed by atoms with Crippen LogP contribution in [0.3, 0.4) is 0 Å². The Morgan fingerprint density at radius 2 is 1.67 bits per heavy atom. The maximum Gasteiger partial charge on any atom is 0.260 e. The molecule has 7 heteroatoms. The minimum Gasteiger partial charge on any atom is -0.334 e. The third kappa shape index (κ3) is 3.69. The van der Waals surface area contributed by atoms with Gasteiger partial charge in [0, 0.05) is 37.1 Å². The molecular formula is C20H22F2N4O. The van der Waals surface area contributed by atoms with Gasteiger partial charge in [-0.25, -0.2) is 18.7 Å². The molecule has 2 fully saturated rings. The standard InChI is InChI=1S/C20H22F2N4O/c21-17-8-14(15-10-23-13-24-11-15)9-18(22)19(17)20(27)26-7-3-4-16(26)12-25-5-1-2-6-25/h8-11,13,16H,1-7,12H2. The number of amides is 1. The van der Waals surface area contributed by atoms with E-state index in [1.165, 1.54) is 43.7 Å². The smallest absolute Gasteiger partial charge is 0.260 e. The van der Waals surface area contributed by atoms with Crippen molar-refractivity contribution in [3.8, 4) is 11.1 Å². The van der Waals surface area contributed by atoms with Crippen LogP contribution in [0.1, 0.15) is 36.0 Å². The first-order valence-electron chi connectivity index (χ1n) is 9.41. The Morgan fingerprint density at radius 3 is 2.33 bits per heavy atom. The van der Waals surface area contributed by atoms with Crippen molar-refractivity contribution in [2.45, 2.75) is 31.7 Å². The van der Waals surface area contributed by atoms with Gasteiger partial charge in [0.1, 0.15) is 23.5 Å². The molecule has 0 saturated carbocycles. The Morgan fingerprint density at radius 1 is 1.00 bits per heavy atom. The maximum absolute atomic E-state index is 14.7. The molecule has 2 saturated heterocycles. The first-order chi connectivity index (χ1) is 13.1. The van der Waals surface area contributed by atoms with Crippen LogP contribution in [-0.4, -0.2) is 57.9 Å². The fraction of sp³-hybridized carbons (Fsp3) is 0.450. The zero-order valence-electron chi connectivity index (χ0n) is 15.1. The number of hydrogen-bond acceptors (Lipinski definition) is 4. The van der Waals surface area contributed by atoms with Gasteiger partial charge in [0.15, 0.2) is 0 Å². The molecule has 0 spiro atoms. The summed E-state index contributed by atoms with van der Waals surface area (Å²) in [4.78, 5) is 24.6. The van der Waals surface area contributed by atoms with Gasteiger partial charge in [0.05, 0.1) is 0 Å². The third-order valence-corrected chi connectivity index (χ3v) is 5.46. The van der Waals surface area contributed by atoms with Gasteiger partial charge in [-0.1, -0.05) is 0 Å². The molecule has 4 rings (SSSR count). The van der Waals surface area contributed by atoms with Crippen molar-refractivity contribution in [2.24, 2.45) is 0 Å². The summed E-state index contributed by atoms with van der Waals surface area (Å²) in [6, 6.07) is 2.39. The number of carbonyl (C=O) groups is 1. The van der Waals surface area contributed by atoms with E-state index in [-0.39, 0.29) is 6.04 Å². The fourth-order valence-corrected chi connectivity index (χ4v) is 4.09. The summed E-state index contributed by atoms with van der Waals surface area (Å²) in [5.74, 6) is -2.24. The van der Waals surface area contributed by atoms with Crippen molar-refractivity contribution in [2.75, 3.05) is 26.2 Å². The van der Waals surface area contributed by atoms with Gasteiger partial charge in [0.25, 0.3) is 5.91 Å². The molecule has 3 heterocycles. The molecule has 142 valence electrons. The molecule has 27 heavy (non-hydrogen) atoms. The van der Waals surface area contributed by atoms with Gasteiger partial charge in [-0.3, -0.25) is 4.79 Å². The van der Waals surface area contributed by atoms with Crippen LogP contribution < -0.4 is 0 Å². The number of carbonyl (C=O) groups excluding carboxylic acids is 1. The molecule has 0 radical (unpaired) electrons. The summed E-state index contributed by atoms with van der Waals surface area (Å²) in [5, 5.41) is 0.